The summed E-state index contributed by atoms with van der Waals surface area (Å²) >= 11 is 0. The van der Waals surface area contributed by atoms with Gasteiger partial charge in [-0.3, -0.25) is 16.0 Å². The number of amides is 3. The van der Waals surface area contributed by atoms with Crippen LogP contribution in [0.2, 0.25) is 0 Å². The molecule has 36 heavy (non-hydrogen) atoms. The fourth-order valence-electron chi connectivity index (χ4n) is 3.19. The van der Waals surface area contributed by atoms with E-state index < -0.39 is 24.4 Å². The van der Waals surface area contributed by atoms with E-state index in [1.807, 2.05) is 18.2 Å². The van der Waals surface area contributed by atoms with E-state index in [0.29, 0.717) is 29.9 Å². The molecule has 9 heteroatoms. The minimum absolute atomic E-state index is 0.0390. The highest BCUT2D eigenvalue weighted by Gasteiger charge is 2.16. The summed E-state index contributed by atoms with van der Waals surface area (Å²) in [5.74, 6) is 0. The van der Waals surface area contributed by atoms with Crippen LogP contribution in [-0.2, 0) is 14.2 Å². The molecule has 3 amide bonds. The van der Waals surface area contributed by atoms with Crippen LogP contribution in [0.3, 0.4) is 0 Å². The molecular formula is C27H29N3O6. The van der Waals surface area contributed by atoms with Gasteiger partial charge in [-0.2, -0.15) is 0 Å². The smallest absolute Gasteiger partial charge is 0.411 e. The van der Waals surface area contributed by atoms with Gasteiger partial charge in [0.1, 0.15) is 6.10 Å². The van der Waals surface area contributed by atoms with Crippen LogP contribution in [0, 0.1) is 0 Å². The standard InChI is InChI=1S/C27H29N3O6/c31-25(28-21-11-4-1-5-12-21)34-19-10-17-24(36-27(33)30-23-15-8-3-9-16-23)18-20-35-26(32)29-22-13-6-2-7-14-22/h1-9,11-16,24H,10,17-20H2,(H,28,31)(H,29,32)(H,30,33). The van der Waals surface area contributed by atoms with Crippen LogP contribution >= 0.6 is 0 Å². The predicted octanol–water partition coefficient (Wildman–Crippen LogP) is 6.27. The van der Waals surface area contributed by atoms with E-state index >= 15 is 0 Å². The van der Waals surface area contributed by atoms with Crippen LogP contribution < -0.4 is 16.0 Å². The van der Waals surface area contributed by atoms with E-state index in [4.69, 9.17) is 14.2 Å². The zero-order valence-electron chi connectivity index (χ0n) is 19.7. The first kappa shape index (κ1) is 26.1. The molecule has 3 rings (SSSR count). The number of rotatable bonds is 11. The quantitative estimate of drug-likeness (QED) is 0.215. The van der Waals surface area contributed by atoms with E-state index in [0.717, 1.165) is 0 Å². The molecule has 3 aromatic carbocycles. The third kappa shape index (κ3) is 10.2. The lowest BCUT2D eigenvalue weighted by Gasteiger charge is -2.18. The Morgan fingerprint density at radius 2 is 0.972 bits per heavy atom. The summed E-state index contributed by atoms with van der Waals surface area (Å²) in [6.45, 7) is 0.172. The summed E-state index contributed by atoms with van der Waals surface area (Å²) in [5.41, 5.74) is 1.84. The van der Waals surface area contributed by atoms with E-state index in [1.54, 1.807) is 72.8 Å². The highest BCUT2D eigenvalue weighted by molar-refractivity contribution is 5.85. The number of benzene rings is 3. The van der Waals surface area contributed by atoms with Gasteiger partial charge in [0.25, 0.3) is 0 Å². The first-order valence-corrected chi connectivity index (χ1v) is 11.6. The van der Waals surface area contributed by atoms with Gasteiger partial charge < -0.3 is 14.2 Å². The monoisotopic (exact) mass is 491 g/mol. The lowest BCUT2D eigenvalue weighted by Crippen LogP contribution is -2.25. The maximum atomic E-state index is 12.4. The van der Waals surface area contributed by atoms with Crippen LogP contribution in [0.25, 0.3) is 0 Å². The number of nitrogens with one attached hydrogen (secondary N) is 3. The predicted molar refractivity (Wildman–Crippen MR) is 137 cm³/mol. The number of ether oxygens (including phenoxy) is 3. The second kappa shape index (κ2) is 14.7. The van der Waals surface area contributed by atoms with Crippen molar-refractivity contribution in [3.05, 3.63) is 91.0 Å². The van der Waals surface area contributed by atoms with E-state index in [2.05, 4.69) is 16.0 Å². The molecule has 0 saturated heterocycles. The number of hydrogen-bond acceptors (Lipinski definition) is 6. The number of carbonyl (C=O) groups excluding carboxylic acids is 3. The van der Waals surface area contributed by atoms with Crippen LogP contribution in [-0.4, -0.2) is 37.6 Å². The van der Waals surface area contributed by atoms with Crippen LogP contribution in [0.4, 0.5) is 31.4 Å². The number of anilines is 3. The van der Waals surface area contributed by atoms with Gasteiger partial charge in [0.15, 0.2) is 0 Å². The fourth-order valence-corrected chi connectivity index (χ4v) is 3.19. The molecule has 0 fully saturated rings. The fraction of sp³-hybridized carbons (Fsp3) is 0.222. The van der Waals surface area contributed by atoms with Crippen LogP contribution in [0.15, 0.2) is 91.0 Å². The Hall–Kier alpha value is -4.53. The van der Waals surface area contributed by atoms with Crippen molar-refractivity contribution in [1.82, 2.24) is 0 Å². The Balaban J connectivity index is 1.44. The summed E-state index contributed by atoms with van der Waals surface area (Å²) in [6, 6.07) is 26.8. The summed E-state index contributed by atoms with van der Waals surface area (Å²) in [4.78, 5) is 36.3. The van der Waals surface area contributed by atoms with Crippen molar-refractivity contribution in [2.45, 2.75) is 25.4 Å². The largest absolute Gasteiger partial charge is 0.449 e. The Morgan fingerprint density at radius 3 is 1.44 bits per heavy atom. The average molecular weight is 492 g/mol. The van der Waals surface area contributed by atoms with Crippen LogP contribution in [0.5, 0.6) is 0 Å². The maximum absolute atomic E-state index is 12.4. The van der Waals surface area contributed by atoms with Gasteiger partial charge in [-0.05, 0) is 49.2 Å². The molecule has 0 aliphatic carbocycles. The Bertz CT molecular complexity index is 1080. The molecule has 0 aliphatic rings. The van der Waals surface area contributed by atoms with Gasteiger partial charge in [0, 0.05) is 23.5 Å². The second-order valence-electron chi connectivity index (χ2n) is 7.70. The highest BCUT2D eigenvalue weighted by Crippen LogP contribution is 2.13. The normalized spacial score (nSPS) is 11.0. The van der Waals surface area contributed by atoms with Crippen molar-refractivity contribution in [3.8, 4) is 0 Å². The molecule has 9 nitrogen and oxygen atoms in total. The second-order valence-corrected chi connectivity index (χ2v) is 7.70. The molecule has 1 unspecified atom stereocenters. The van der Waals surface area contributed by atoms with E-state index in [9.17, 15) is 14.4 Å². The molecule has 0 heterocycles. The first-order valence-electron chi connectivity index (χ1n) is 11.6. The van der Waals surface area contributed by atoms with Crippen molar-refractivity contribution >= 4 is 35.3 Å². The van der Waals surface area contributed by atoms with E-state index in [1.165, 1.54) is 0 Å². The topological polar surface area (TPSA) is 115 Å². The molecule has 1 atom stereocenters. The Kier molecular flexibility index (Phi) is 10.6. The molecular weight excluding hydrogens is 462 g/mol. The first-order chi connectivity index (χ1) is 17.6. The summed E-state index contributed by atoms with van der Waals surface area (Å²) in [5, 5.41) is 7.93. The third-order valence-corrected chi connectivity index (χ3v) is 4.91. The molecule has 0 spiro atoms. The molecule has 0 aliphatic heterocycles. The molecule has 3 N–H and O–H groups in total. The average Bonchev–Trinajstić information content (AvgIpc) is 2.88. The molecule has 3 aromatic rings. The number of carbonyl (C=O) groups is 3. The molecule has 188 valence electrons. The van der Waals surface area contributed by atoms with Crippen molar-refractivity contribution < 1.29 is 28.6 Å². The van der Waals surface area contributed by atoms with Gasteiger partial charge in [-0.15, -0.1) is 0 Å². The summed E-state index contributed by atoms with van der Waals surface area (Å²) < 4.78 is 16.0. The molecule has 0 aromatic heterocycles. The van der Waals surface area contributed by atoms with Gasteiger partial charge in [-0.25, -0.2) is 14.4 Å². The summed E-state index contributed by atoms with van der Waals surface area (Å²) in [6.07, 6.45) is -1.22. The Labute approximate surface area is 209 Å². The van der Waals surface area contributed by atoms with Crippen LogP contribution in [0.1, 0.15) is 19.3 Å². The lowest BCUT2D eigenvalue weighted by molar-refractivity contribution is 0.0740. The van der Waals surface area contributed by atoms with E-state index in [-0.39, 0.29) is 19.6 Å². The minimum atomic E-state index is -0.623. The van der Waals surface area contributed by atoms with Gasteiger partial charge in [-0.1, -0.05) is 54.6 Å². The SMILES string of the molecule is O=C(Nc1ccccc1)OCCCC(CCOC(=O)Nc1ccccc1)OC(=O)Nc1ccccc1. The van der Waals surface area contributed by atoms with Gasteiger partial charge >= 0.3 is 18.3 Å². The van der Waals surface area contributed by atoms with Crippen molar-refractivity contribution in [1.29, 1.82) is 0 Å². The highest BCUT2D eigenvalue weighted by atomic mass is 16.6. The Morgan fingerprint density at radius 1 is 0.556 bits per heavy atom. The summed E-state index contributed by atoms with van der Waals surface area (Å²) in [7, 11) is 0. The zero-order chi connectivity index (χ0) is 25.4. The number of hydrogen-bond donors (Lipinski definition) is 3. The van der Waals surface area contributed by atoms with Gasteiger partial charge in [0.2, 0.25) is 0 Å². The van der Waals surface area contributed by atoms with Crippen molar-refractivity contribution in [3.63, 3.8) is 0 Å². The zero-order valence-corrected chi connectivity index (χ0v) is 19.7. The van der Waals surface area contributed by atoms with Crippen molar-refractivity contribution in [2.24, 2.45) is 0 Å². The maximum Gasteiger partial charge on any atom is 0.411 e. The molecule has 0 saturated carbocycles. The molecule has 0 bridgehead atoms. The third-order valence-electron chi connectivity index (χ3n) is 4.91. The lowest BCUT2D eigenvalue weighted by atomic mass is 10.1. The minimum Gasteiger partial charge on any atom is -0.449 e. The van der Waals surface area contributed by atoms with Gasteiger partial charge in [0.05, 0.1) is 13.2 Å². The molecule has 0 radical (unpaired) electrons. The number of para-hydroxylation sites is 3. The van der Waals surface area contributed by atoms with Crippen molar-refractivity contribution in [2.75, 3.05) is 29.2 Å².